The fraction of sp³-hybridized carbons (Fsp3) is 0.317. The number of hydrogen-bond acceptors (Lipinski definition) is 19. The van der Waals surface area contributed by atoms with Gasteiger partial charge in [-0.1, -0.05) is 96.5 Å². The van der Waals surface area contributed by atoms with Gasteiger partial charge in [0.15, 0.2) is 0 Å². The molecule has 16 nitrogen and oxygen atoms in total. The molecule has 0 bridgehead atoms. The number of nitrogens with one attached hydrogen (secondary N) is 1. The molecule has 13 rings (SSSR count). The molecule has 2 fully saturated rings. The van der Waals surface area contributed by atoms with Gasteiger partial charge in [-0.05, 0) is 131 Å². The van der Waals surface area contributed by atoms with Crippen molar-refractivity contribution in [2.45, 2.75) is 85.0 Å². The first-order valence-corrected chi connectivity index (χ1v) is 54.3. The molecule has 93 heavy (non-hydrogen) atoms. The molecule has 0 amide bonds. The van der Waals surface area contributed by atoms with Crippen LogP contribution in [0.25, 0.3) is 28.4 Å². The summed E-state index contributed by atoms with van der Waals surface area (Å²) in [6, 6.07) is 35.2. The molecule has 3 N–H and O–H groups in total. The molecule has 0 radical (unpaired) electrons. The van der Waals surface area contributed by atoms with E-state index in [1.165, 1.54) is 86.9 Å². The zero-order chi connectivity index (χ0) is 65.4. The Labute approximate surface area is 718 Å². The number of ether oxygens (including phenoxy) is 3. The van der Waals surface area contributed by atoms with Crippen molar-refractivity contribution in [1.29, 1.82) is 0 Å². The van der Waals surface area contributed by atoms with Gasteiger partial charge in [0.05, 0.1) is 0 Å². The molecule has 3 atom stereocenters. The van der Waals surface area contributed by atoms with Crippen molar-refractivity contribution in [3.63, 3.8) is 0 Å². The Morgan fingerprint density at radius 1 is 0.591 bits per heavy atom. The van der Waals surface area contributed by atoms with Crippen molar-refractivity contribution in [1.82, 2.24) is 5.32 Å². The van der Waals surface area contributed by atoms with Crippen LogP contribution in [0.1, 0.15) is 116 Å². The Morgan fingerprint density at radius 2 is 0.968 bits per heavy atom. The zero-order valence-electron chi connectivity index (χ0n) is 51.7. The molecule has 30 heteroatoms. The van der Waals surface area contributed by atoms with Crippen molar-refractivity contribution in [2.24, 2.45) is 0 Å². The number of carbonyl (C=O) groups is 7. The molecule has 0 spiro atoms. The van der Waals surface area contributed by atoms with Crippen LogP contribution in [0.2, 0.25) is 0 Å². The summed E-state index contributed by atoms with van der Waals surface area (Å²) < 4.78 is 18.5. The number of allylic oxidation sites excluding steroid dienone is 3. The molecule has 3 aliphatic carbocycles. The summed E-state index contributed by atoms with van der Waals surface area (Å²) in [5.41, 5.74) is 7.27. The van der Waals surface area contributed by atoms with Crippen molar-refractivity contribution >= 4 is 228 Å². The maximum Gasteiger partial charge on any atom is 1.00 e. The van der Waals surface area contributed by atoms with Crippen LogP contribution in [0, 0.1) is 0 Å². The van der Waals surface area contributed by atoms with E-state index in [-0.39, 0.29) is 141 Å². The van der Waals surface area contributed by atoms with E-state index in [0.717, 1.165) is 45.5 Å². The number of ketones is 6. The van der Waals surface area contributed by atoms with E-state index in [1.807, 2.05) is 87.5 Å². The van der Waals surface area contributed by atoms with Crippen LogP contribution >= 0.6 is 151 Å². The number of nitrogens with zero attached hydrogens (tertiary/aromatic N) is 1. The maximum atomic E-state index is 12.4. The first-order chi connectivity index (χ1) is 43.2. The van der Waals surface area contributed by atoms with Crippen LogP contribution < -0.4 is 124 Å². The zero-order valence-corrected chi connectivity index (χ0v) is 74.5. The number of benzene rings is 5. The number of carbonyl (C=O) groups excluding carboxylic acids is 7. The van der Waals surface area contributed by atoms with Gasteiger partial charge in [-0.2, -0.15) is 0 Å². The molecule has 5 aromatic carbocycles. The van der Waals surface area contributed by atoms with Gasteiger partial charge in [0.2, 0.25) is 34.7 Å². The number of hydrogen-bond donors (Lipinski definition) is 3. The quantitative estimate of drug-likeness (QED) is 0.0386. The van der Waals surface area contributed by atoms with Crippen molar-refractivity contribution in [3.8, 4) is 11.1 Å². The standard InChI is InChI=1S/C19H14O3S.C18H19NO3S.C13H9BrO3S.C6H7BO2.C5H11N.CH2O3.CH4.5HI.2K.2V.H/c1-11-10-23-19-17(21)16(20)14-8-7-13(9-15(14)18(19)22-11)12-5-3-2-4-6-12;1-11-10-23-18-16(21)15(20)13-6-5-12(9-14(13)17(18)22-11)19-7-3-2-4-8-19;1-6-5-18-13-11(16)10(15)8-3-2-7(14)4-9(8)12(13)17-6;8-7(9)6-4-2-1-3-5-6;1-2-4-6-5-3-1;2-1-4-3;;;;;;;;;;;/h2-9,11H,10H2,1H3;5-6,9,11H,2-4,7-8,10H2,1H3;2-4,6H,5H2,1H3;1-5,8-9H;6H,1-5H2;1,3H;1H4;5*1H;;;;;/q;;;;;;;;;;;;2*+1;+2;+3;-1/p-6. The number of halogens is 6. The summed E-state index contributed by atoms with van der Waals surface area (Å²) in [4.78, 5) is 88.0. The van der Waals surface area contributed by atoms with Crippen molar-refractivity contribution < 1.29 is 187 Å². The second-order valence-electron chi connectivity index (χ2n) is 20.3. The normalized spacial score (nSPS) is 18.5. The average Bonchev–Trinajstić information content (AvgIpc) is 0.775. The largest absolute Gasteiger partial charge is 1.00 e. The predicted octanol–water partition coefficient (Wildman–Crippen LogP) is 7.98. The van der Waals surface area contributed by atoms with E-state index in [4.69, 9.17) is 34.3 Å². The van der Waals surface area contributed by atoms with Gasteiger partial charge in [0.1, 0.15) is 50.3 Å². The number of Topliss-reactive ketones (excluding diaryl/α,β-unsaturated/α-hetero) is 6. The maximum absolute atomic E-state index is 12.4. The summed E-state index contributed by atoms with van der Waals surface area (Å²) in [6.07, 6.45) is 8.01. The Kier molecular flexibility index (Phi) is 44.9. The average molecular weight is 2080 g/mol. The molecule has 8 aliphatic rings. The molecule has 3 unspecified atom stereocenters. The van der Waals surface area contributed by atoms with Crippen molar-refractivity contribution in [3.05, 3.63) is 168 Å². The van der Waals surface area contributed by atoms with Crippen LogP contribution in [0.4, 0.5) is 5.69 Å². The van der Waals surface area contributed by atoms with E-state index < -0.39 is 41.8 Å². The summed E-state index contributed by atoms with van der Waals surface area (Å²) >= 11 is 19.8. The summed E-state index contributed by atoms with van der Waals surface area (Å²) in [5, 5.41) is 28.9. The molecule has 487 valence electrons. The summed E-state index contributed by atoms with van der Waals surface area (Å²) in [6.45, 7) is 10.3. The molecule has 2 saturated heterocycles. The minimum atomic E-state index is -1.34. The number of piperidine rings is 2. The van der Waals surface area contributed by atoms with Gasteiger partial charge in [0, 0.05) is 73.9 Å². The van der Waals surface area contributed by atoms with E-state index >= 15 is 0 Å². The van der Waals surface area contributed by atoms with Gasteiger partial charge < -0.3 is 46.0 Å². The third-order valence-corrected chi connectivity index (χ3v) is 18.2. The van der Waals surface area contributed by atoms with Gasteiger partial charge in [-0.3, -0.25) is 33.6 Å². The molecular weight excluding hydrogens is 2010 g/mol. The smallest absolute Gasteiger partial charge is 1.00 e. The van der Waals surface area contributed by atoms with Gasteiger partial charge in [-0.25, -0.2) is 0 Å². The Hall–Kier alpha value is 1.54. The number of fused-ring (bicyclic) bond motifs is 6. The van der Waals surface area contributed by atoms with Gasteiger partial charge >= 0.3 is 224 Å². The first-order valence-electron chi connectivity index (χ1n) is 28.1. The number of anilines is 1. The van der Waals surface area contributed by atoms with Crippen LogP contribution in [-0.2, 0) is 52.7 Å². The van der Waals surface area contributed by atoms with E-state index in [1.54, 1.807) is 48.5 Å². The number of thioether (sulfide) groups is 3. The molecule has 0 saturated carbocycles. The Balaban J connectivity index is 0.000000398. The van der Waals surface area contributed by atoms with Crippen LogP contribution in [-0.4, -0.2) is 120 Å². The fourth-order valence-corrected chi connectivity index (χ4v) is 13.0. The van der Waals surface area contributed by atoms with Crippen LogP contribution in [0.15, 0.2) is 134 Å². The second kappa shape index (κ2) is 47.0. The van der Waals surface area contributed by atoms with Gasteiger partial charge in [-0.15, -0.1) is 35.3 Å². The summed E-state index contributed by atoms with van der Waals surface area (Å²) in [5.74, 6) is 1.20. The summed E-state index contributed by atoms with van der Waals surface area (Å²) in [7, 11) is -0.714. The number of rotatable bonds is 4. The Bertz CT molecular complexity index is 3470. The molecule has 0 aromatic heterocycles. The fourth-order valence-electron chi connectivity index (χ4n) is 9.74. The SMILES string of the molecule is C.C1CCNCC1.CC1CSC2=C(O1)c1cc(-c3ccccc3)ccc1C(=O)C2=O.CC1CSC2=C(O1)c1cc(Br)ccc1C(=O)C2=O.CC1CSC2=C(O1)c1cc(N3CCCCC3)ccc1C(=O)C2=O.O=CO[O-].OB(O)c1ccccc1.[H-].[I][V]([I])[I].[I][V][I].[K+].[K+]. The van der Waals surface area contributed by atoms with E-state index in [9.17, 15) is 28.8 Å². The van der Waals surface area contributed by atoms with E-state index in [0.29, 0.717) is 86.4 Å². The second-order valence-corrected chi connectivity index (χ2v) is 71.5. The monoisotopic (exact) mass is 2070 g/mol. The molecule has 5 heterocycles. The Morgan fingerprint density at radius 3 is 1.34 bits per heavy atom. The van der Waals surface area contributed by atoms with Crippen molar-refractivity contribution in [2.75, 3.05) is 48.3 Å². The molecular formula is C63H66BBrI5K2N2O14S3V2. The van der Waals surface area contributed by atoms with Crippen LogP contribution in [0.3, 0.4) is 0 Å². The van der Waals surface area contributed by atoms with Gasteiger partial charge in [0.25, 0.3) is 6.47 Å². The van der Waals surface area contributed by atoms with E-state index in [2.05, 4.69) is 131 Å². The molecule has 5 aliphatic heterocycles. The first kappa shape index (κ1) is 88.8. The minimum Gasteiger partial charge on any atom is 1.00 e. The molecule has 5 aromatic rings. The van der Waals surface area contributed by atoms with Crippen LogP contribution in [0.5, 0.6) is 0 Å². The predicted molar refractivity (Wildman–Crippen MR) is 404 cm³/mol. The minimum absolute atomic E-state index is 0. The third-order valence-electron chi connectivity index (χ3n) is 13.8. The third kappa shape index (κ3) is 26.9. The topological polar surface area (TPSA) is 235 Å².